The largest absolute Gasteiger partial charge is 0.382 e. The van der Waals surface area contributed by atoms with Gasteiger partial charge in [0.05, 0.1) is 17.1 Å². The highest BCUT2D eigenvalue weighted by Crippen LogP contribution is 2.22. The van der Waals surface area contributed by atoms with Gasteiger partial charge in [0, 0.05) is 17.8 Å². The molecule has 0 unspecified atom stereocenters. The van der Waals surface area contributed by atoms with Crippen molar-refractivity contribution >= 4 is 34.2 Å². The van der Waals surface area contributed by atoms with Crippen molar-refractivity contribution in [1.82, 2.24) is 10.3 Å². The third kappa shape index (κ3) is 2.15. The van der Waals surface area contributed by atoms with Gasteiger partial charge in [0.25, 0.3) is 0 Å². The zero-order valence-corrected chi connectivity index (χ0v) is 10.3. The standard InChI is InChI=1S/C13H11ClN4/c14-10-3-1-2-9-4-5-11(18-13(9)10)17-12-8-15-6-7-16-12/h1-7,15H,8H2,(H,16,17,18). The minimum atomic E-state index is 0.653. The third-order valence-corrected chi connectivity index (χ3v) is 2.94. The number of nitrogens with zero attached hydrogens (tertiary/aromatic N) is 2. The predicted octanol–water partition coefficient (Wildman–Crippen LogP) is 2.77. The van der Waals surface area contributed by atoms with Crippen molar-refractivity contribution in [1.29, 1.82) is 0 Å². The lowest BCUT2D eigenvalue weighted by molar-refractivity contribution is 0.984. The Morgan fingerprint density at radius 3 is 3.00 bits per heavy atom. The van der Waals surface area contributed by atoms with Crippen molar-refractivity contribution in [3.63, 3.8) is 0 Å². The van der Waals surface area contributed by atoms with Crippen LogP contribution in [0.3, 0.4) is 0 Å². The van der Waals surface area contributed by atoms with Gasteiger partial charge in [-0.2, -0.15) is 0 Å². The molecule has 5 heteroatoms. The number of nitrogens with one attached hydrogen (secondary N) is 2. The van der Waals surface area contributed by atoms with Crippen molar-refractivity contribution < 1.29 is 0 Å². The van der Waals surface area contributed by atoms with Gasteiger partial charge in [0.15, 0.2) is 0 Å². The van der Waals surface area contributed by atoms with Crippen LogP contribution in [0.15, 0.2) is 47.7 Å². The van der Waals surface area contributed by atoms with Crippen LogP contribution in [0.1, 0.15) is 0 Å². The van der Waals surface area contributed by atoms with E-state index in [-0.39, 0.29) is 0 Å². The van der Waals surface area contributed by atoms with Crippen LogP contribution < -0.4 is 10.6 Å². The predicted molar refractivity (Wildman–Crippen MR) is 75.0 cm³/mol. The first-order valence-electron chi connectivity index (χ1n) is 5.60. The molecule has 0 aliphatic carbocycles. The summed E-state index contributed by atoms with van der Waals surface area (Å²) in [5, 5.41) is 7.92. The van der Waals surface area contributed by atoms with Crippen molar-refractivity contribution in [2.24, 2.45) is 4.99 Å². The summed E-state index contributed by atoms with van der Waals surface area (Å²) in [5.41, 5.74) is 0.795. The molecule has 2 heterocycles. The second kappa shape index (κ2) is 4.66. The summed E-state index contributed by atoms with van der Waals surface area (Å²) in [6.45, 7) is 0.665. The molecule has 2 aromatic rings. The highest BCUT2D eigenvalue weighted by atomic mass is 35.5. The van der Waals surface area contributed by atoms with Gasteiger partial charge in [0.2, 0.25) is 0 Å². The van der Waals surface area contributed by atoms with Gasteiger partial charge in [0.1, 0.15) is 11.7 Å². The molecule has 0 saturated heterocycles. The van der Waals surface area contributed by atoms with Gasteiger partial charge in [-0.05, 0) is 18.2 Å². The lowest BCUT2D eigenvalue weighted by Crippen LogP contribution is -2.27. The molecule has 90 valence electrons. The molecule has 2 N–H and O–H groups in total. The first-order chi connectivity index (χ1) is 8.83. The van der Waals surface area contributed by atoms with Crippen molar-refractivity contribution in [2.75, 3.05) is 11.9 Å². The summed E-state index contributed by atoms with van der Waals surface area (Å²) in [7, 11) is 0. The fourth-order valence-electron chi connectivity index (χ4n) is 1.79. The highest BCUT2D eigenvalue weighted by Gasteiger charge is 2.05. The molecule has 1 aromatic carbocycles. The molecule has 0 fully saturated rings. The monoisotopic (exact) mass is 258 g/mol. The number of hydrogen-bond donors (Lipinski definition) is 2. The maximum absolute atomic E-state index is 6.13. The maximum atomic E-state index is 6.13. The van der Waals surface area contributed by atoms with E-state index in [0.29, 0.717) is 11.6 Å². The molecule has 0 spiro atoms. The molecule has 18 heavy (non-hydrogen) atoms. The first-order valence-corrected chi connectivity index (χ1v) is 5.98. The van der Waals surface area contributed by atoms with E-state index in [2.05, 4.69) is 20.6 Å². The average Bonchev–Trinajstić information content (AvgIpc) is 2.41. The summed E-state index contributed by atoms with van der Waals surface area (Å²) in [6, 6.07) is 9.64. The van der Waals surface area contributed by atoms with E-state index in [1.807, 2.05) is 30.3 Å². The lowest BCUT2D eigenvalue weighted by atomic mass is 10.2. The molecular weight excluding hydrogens is 248 g/mol. The molecule has 1 aliphatic heterocycles. The van der Waals surface area contributed by atoms with Gasteiger partial charge in [-0.15, -0.1) is 0 Å². The summed E-state index contributed by atoms with van der Waals surface area (Å²) in [4.78, 5) is 8.71. The molecule has 0 amide bonds. The van der Waals surface area contributed by atoms with E-state index in [1.54, 1.807) is 12.4 Å². The number of fused-ring (bicyclic) bond motifs is 1. The average molecular weight is 259 g/mol. The van der Waals surface area contributed by atoms with Crippen LogP contribution in [-0.4, -0.2) is 17.4 Å². The minimum absolute atomic E-state index is 0.653. The Morgan fingerprint density at radius 1 is 1.22 bits per heavy atom. The van der Waals surface area contributed by atoms with Crippen LogP contribution in [-0.2, 0) is 0 Å². The zero-order chi connectivity index (χ0) is 12.4. The SMILES string of the molecule is Clc1cccc2ccc(NC3=NC=CNC3)nc12. The molecule has 0 atom stereocenters. The van der Waals surface area contributed by atoms with E-state index in [0.717, 1.165) is 22.6 Å². The summed E-state index contributed by atoms with van der Waals surface area (Å²) >= 11 is 6.13. The molecule has 4 nitrogen and oxygen atoms in total. The van der Waals surface area contributed by atoms with Crippen LogP contribution in [0.2, 0.25) is 5.02 Å². The maximum Gasteiger partial charge on any atom is 0.132 e. The molecular formula is C13H11ClN4. The van der Waals surface area contributed by atoms with Gasteiger partial charge in [-0.3, -0.25) is 0 Å². The van der Waals surface area contributed by atoms with E-state index in [4.69, 9.17) is 11.6 Å². The zero-order valence-electron chi connectivity index (χ0n) is 9.52. The van der Waals surface area contributed by atoms with Crippen molar-refractivity contribution in [3.05, 3.63) is 47.8 Å². The number of halogens is 1. The van der Waals surface area contributed by atoms with Gasteiger partial charge < -0.3 is 10.6 Å². The Balaban J connectivity index is 1.95. The Bertz CT molecular complexity index is 648. The minimum Gasteiger partial charge on any atom is -0.382 e. The van der Waals surface area contributed by atoms with Crippen LogP contribution in [0.4, 0.5) is 5.82 Å². The number of amidine groups is 1. The number of anilines is 1. The Kier molecular flexibility index (Phi) is 2.86. The van der Waals surface area contributed by atoms with E-state index in [1.165, 1.54) is 0 Å². The van der Waals surface area contributed by atoms with Gasteiger partial charge in [-0.25, -0.2) is 9.98 Å². The molecule has 3 rings (SSSR count). The summed E-state index contributed by atoms with van der Waals surface area (Å²) in [5.74, 6) is 1.57. The Hall–Kier alpha value is -2.07. The lowest BCUT2D eigenvalue weighted by Gasteiger charge is -2.12. The van der Waals surface area contributed by atoms with Crippen LogP contribution in [0.5, 0.6) is 0 Å². The van der Waals surface area contributed by atoms with E-state index >= 15 is 0 Å². The molecule has 0 bridgehead atoms. The normalized spacial score (nSPS) is 14.2. The third-order valence-electron chi connectivity index (χ3n) is 2.64. The molecule has 1 aliphatic rings. The smallest absolute Gasteiger partial charge is 0.132 e. The Labute approximate surface area is 109 Å². The molecule has 1 aromatic heterocycles. The number of aliphatic imine (C=N–C) groups is 1. The molecule has 0 radical (unpaired) electrons. The van der Waals surface area contributed by atoms with Crippen molar-refractivity contribution in [3.8, 4) is 0 Å². The Morgan fingerprint density at radius 2 is 2.17 bits per heavy atom. The number of rotatable bonds is 1. The second-order valence-electron chi connectivity index (χ2n) is 3.91. The van der Waals surface area contributed by atoms with Crippen molar-refractivity contribution in [2.45, 2.75) is 0 Å². The summed E-state index contributed by atoms with van der Waals surface area (Å²) < 4.78 is 0. The van der Waals surface area contributed by atoms with Crippen LogP contribution >= 0.6 is 11.6 Å². The quantitative estimate of drug-likeness (QED) is 0.827. The number of hydrogen-bond acceptors (Lipinski definition) is 4. The number of para-hydroxylation sites is 1. The fourth-order valence-corrected chi connectivity index (χ4v) is 2.01. The van der Waals surface area contributed by atoms with Gasteiger partial charge >= 0.3 is 0 Å². The number of pyridine rings is 1. The molecule has 0 saturated carbocycles. The topological polar surface area (TPSA) is 49.3 Å². The first kappa shape index (κ1) is 11.0. The van der Waals surface area contributed by atoms with Gasteiger partial charge in [-0.1, -0.05) is 23.7 Å². The van der Waals surface area contributed by atoms with Crippen LogP contribution in [0, 0.1) is 0 Å². The second-order valence-corrected chi connectivity index (χ2v) is 4.31. The fraction of sp³-hybridized carbons (Fsp3) is 0.0769. The van der Waals surface area contributed by atoms with Crippen LogP contribution in [0.25, 0.3) is 10.9 Å². The number of benzene rings is 1. The number of aromatic nitrogens is 1. The highest BCUT2D eigenvalue weighted by molar-refractivity contribution is 6.35. The summed E-state index contributed by atoms with van der Waals surface area (Å²) in [6.07, 6.45) is 3.51. The van der Waals surface area contributed by atoms with E-state index < -0.39 is 0 Å². The van der Waals surface area contributed by atoms with E-state index in [9.17, 15) is 0 Å².